The molecule has 1 N–H and O–H groups in total. The zero-order valence-corrected chi connectivity index (χ0v) is 12.7. The first-order chi connectivity index (χ1) is 9.70. The fourth-order valence-corrected chi connectivity index (χ4v) is 3.24. The van der Waals surface area contributed by atoms with Gasteiger partial charge in [-0.25, -0.2) is 4.39 Å². The molecule has 0 bridgehead atoms. The Morgan fingerprint density at radius 2 is 2.10 bits per heavy atom. The van der Waals surface area contributed by atoms with Gasteiger partial charge < -0.3 is 10.2 Å². The summed E-state index contributed by atoms with van der Waals surface area (Å²) in [6.45, 7) is 5.07. The summed E-state index contributed by atoms with van der Waals surface area (Å²) in [4.78, 5) is 2.26. The minimum absolute atomic E-state index is 0.0913. The average Bonchev–Trinajstić information content (AvgIpc) is 2.86. The van der Waals surface area contributed by atoms with E-state index in [0.29, 0.717) is 18.5 Å². The van der Waals surface area contributed by atoms with Crippen LogP contribution in [0.15, 0.2) is 24.3 Å². The van der Waals surface area contributed by atoms with E-state index in [-0.39, 0.29) is 5.82 Å². The maximum Gasteiger partial charge on any atom is 0.127 e. The average molecular weight is 278 g/mol. The van der Waals surface area contributed by atoms with Crippen molar-refractivity contribution in [2.45, 2.75) is 45.2 Å². The van der Waals surface area contributed by atoms with Gasteiger partial charge in [-0.15, -0.1) is 0 Å². The van der Waals surface area contributed by atoms with E-state index in [4.69, 9.17) is 0 Å². The number of nitrogens with zero attached hydrogens (tertiary/aromatic N) is 1. The van der Waals surface area contributed by atoms with Crippen LogP contribution in [0.5, 0.6) is 0 Å². The summed E-state index contributed by atoms with van der Waals surface area (Å²) in [7, 11) is 2.10. The predicted octanol–water partition coefficient (Wildman–Crippen LogP) is 3.43. The SMILES string of the molecule is CCCNC1CCCC1CN(C)Cc1ccccc1F. The second-order valence-electron chi connectivity index (χ2n) is 6.04. The van der Waals surface area contributed by atoms with E-state index in [9.17, 15) is 4.39 Å². The molecule has 0 spiro atoms. The molecule has 1 aliphatic rings. The maximum absolute atomic E-state index is 13.7. The summed E-state index contributed by atoms with van der Waals surface area (Å²) in [5, 5.41) is 3.66. The molecule has 1 aliphatic carbocycles. The Hall–Kier alpha value is -0.930. The van der Waals surface area contributed by atoms with Gasteiger partial charge in [0.2, 0.25) is 0 Å². The van der Waals surface area contributed by atoms with E-state index in [1.165, 1.54) is 25.7 Å². The van der Waals surface area contributed by atoms with Crippen molar-refractivity contribution in [2.24, 2.45) is 5.92 Å². The van der Waals surface area contributed by atoms with Crippen LogP contribution in [0.2, 0.25) is 0 Å². The van der Waals surface area contributed by atoms with Crippen molar-refractivity contribution < 1.29 is 4.39 Å². The molecule has 1 fully saturated rings. The van der Waals surface area contributed by atoms with Gasteiger partial charge in [-0.2, -0.15) is 0 Å². The van der Waals surface area contributed by atoms with E-state index < -0.39 is 0 Å². The van der Waals surface area contributed by atoms with Gasteiger partial charge in [0, 0.05) is 24.7 Å². The predicted molar refractivity (Wildman–Crippen MR) is 82.2 cm³/mol. The van der Waals surface area contributed by atoms with Gasteiger partial charge >= 0.3 is 0 Å². The third-order valence-corrected chi connectivity index (χ3v) is 4.26. The minimum Gasteiger partial charge on any atom is -0.314 e. The molecular formula is C17H27FN2. The number of benzene rings is 1. The third kappa shape index (κ3) is 4.29. The van der Waals surface area contributed by atoms with Gasteiger partial charge in [-0.05, 0) is 44.8 Å². The maximum atomic E-state index is 13.7. The number of nitrogens with one attached hydrogen (secondary N) is 1. The summed E-state index contributed by atoms with van der Waals surface area (Å²) in [6, 6.07) is 7.74. The Bertz CT molecular complexity index is 408. The van der Waals surface area contributed by atoms with Crippen LogP contribution in [0, 0.1) is 11.7 Å². The summed E-state index contributed by atoms with van der Waals surface area (Å²) < 4.78 is 13.7. The standard InChI is InChI=1S/C17H27FN2/c1-3-11-19-17-10-6-8-15(17)13-20(2)12-14-7-4-5-9-16(14)18/h4-5,7,9,15,17,19H,3,6,8,10-13H2,1-2H3. The molecule has 112 valence electrons. The van der Waals surface area contributed by atoms with E-state index in [1.54, 1.807) is 12.1 Å². The summed E-state index contributed by atoms with van der Waals surface area (Å²) in [5.74, 6) is 0.616. The lowest BCUT2D eigenvalue weighted by molar-refractivity contribution is 0.242. The van der Waals surface area contributed by atoms with Crippen LogP contribution in [0.25, 0.3) is 0 Å². The number of halogens is 1. The van der Waals surface area contributed by atoms with Crippen molar-refractivity contribution in [1.29, 1.82) is 0 Å². The number of hydrogen-bond donors (Lipinski definition) is 1. The second-order valence-corrected chi connectivity index (χ2v) is 6.04. The molecule has 20 heavy (non-hydrogen) atoms. The van der Waals surface area contributed by atoms with Gasteiger partial charge in [0.05, 0.1) is 0 Å². The summed E-state index contributed by atoms with van der Waals surface area (Å²) in [6.07, 6.45) is 5.09. The van der Waals surface area contributed by atoms with Crippen molar-refractivity contribution in [3.8, 4) is 0 Å². The first-order valence-corrected chi connectivity index (χ1v) is 7.86. The fraction of sp³-hybridized carbons (Fsp3) is 0.647. The van der Waals surface area contributed by atoms with E-state index in [0.717, 1.165) is 18.7 Å². The Balaban J connectivity index is 1.84. The molecule has 2 nitrogen and oxygen atoms in total. The third-order valence-electron chi connectivity index (χ3n) is 4.26. The highest BCUT2D eigenvalue weighted by Gasteiger charge is 2.27. The van der Waals surface area contributed by atoms with E-state index in [2.05, 4.69) is 24.2 Å². The summed E-state index contributed by atoms with van der Waals surface area (Å²) >= 11 is 0. The topological polar surface area (TPSA) is 15.3 Å². The first kappa shape index (κ1) is 15.5. The van der Waals surface area contributed by atoms with Crippen LogP contribution in [-0.2, 0) is 6.54 Å². The molecule has 0 heterocycles. The first-order valence-electron chi connectivity index (χ1n) is 7.86. The zero-order valence-electron chi connectivity index (χ0n) is 12.7. The molecule has 2 atom stereocenters. The Morgan fingerprint density at radius 3 is 2.85 bits per heavy atom. The monoisotopic (exact) mass is 278 g/mol. The second kappa shape index (κ2) is 7.75. The lowest BCUT2D eigenvalue weighted by Crippen LogP contribution is -2.38. The van der Waals surface area contributed by atoms with Crippen LogP contribution in [0.1, 0.15) is 38.2 Å². The highest BCUT2D eigenvalue weighted by Crippen LogP contribution is 2.26. The van der Waals surface area contributed by atoms with E-state index in [1.807, 2.05) is 12.1 Å². The van der Waals surface area contributed by atoms with Crippen molar-refractivity contribution >= 4 is 0 Å². The fourth-order valence-electron chi connectivity index (χ4n) is 3.24. The van der Waals surface area contributed by atoms with Crippen molar-refractivity contribution in [2.75, 3.05) is 20.1 Å². The Kier molecular flexibility index (Phi) is 5.99. The molecule has 0 amide bonds. The van der Waals surface area contributed by atoms with Gasteiger partial charge in [0.25, 0.3) is 0 Å². The number of hydrogen-bond acceptors (Lipinski definition) is 2. The van der Waals surface area contributed by atoms with Gasteiger partial charge in [0.15, 0.2) is 0 Å². The molecule has 1 aromatic rings. The molecule has 2 rings (SSSR count). The summed E-state index contributed by atoms with van der Waals surface area (Å²) in [5.41, 5.74) is 0.797. The Labute approximate surface area is 122 Å². The highest BCUT2D eigenvalue weighted by atomic mass is 19.1. The molecule has 1 aromatic carbocycles. The quantitative estimate of drug-likeness (QED) is 0.822. The molecule has 0 aliphatic heterocycles. The minimum atomic E-state index is -0.0913. The van der Waals surface area contributed by atoms with Crippen LogP contribution < -0.4 is 5.32 Å². The molecular weight excluding hydrogens is 251 g/mol. The lowest BCUT2D eigenvalue weighted by Gasteiger charge is -2.26. The van der Waals surface area contributed by atoms with Crippen LogP contribution >= 0.6 is 0 Å². The lowest BCUT2D eigenvalue weighted by atomic mass is 10.0. The van der Waals surface area contributed by atoms with Crippen LogP contribution in [0.3, 0.4) is 0 Å². The van der Waals surface area contributed by atoms with Crippen LogP contribution in [0.4, 0.5) is 4.39 Å². The molecule has 0 radical (unpaired) electrons. The van der Waals surface area contributed by atoms with Crippen LogP contribution in [-0.4, -0.2) is 31.1 Å². The van der Waals surface area contributed by atoms with Gasteiger partial charge in [-0.1, -0.05) is 31.5 Å². The van der Waals surface area contributed by atoms with Gasteiger partial charge in [0.1, 0.15) is 5.82 Å². The molecule has 0 aromatic heterocycles. The molecule has 0 saturated heterocycles. The van der Waals surface area contributed by atoms with Crippen molar-refractivity contribution in [1.82, 2.24) is 10.2 Å². The van der Waals surface area contributed by atoms with Gasteiger partial charge in [-0.3, -0.25) is 0 Å². The van der Waals surface area contributed by atoms with Crippen molar-refractivity contribution in [3.05, 3.63) is 35.6 Å². The van der Waals surface area contributed by atoms with Crippen molar-refractivity contribution in [3.63, 3.8) is 0 Å². The molecule has 1 saturated carbocycles. The Morgan fingerprint density at radius 1 is 1.30 bits per heavy atom. The molecule has 3 heteroatoms. The molecule has 2 unspecified atom stereocenters. The normalized spacial score (nSPS) is 22.6. The van der Waals surface area contributed by atoms with E-state index >= 15 is 0 Å². The number of rotatable bonds is 7. The highest BCUT2D eigenvalue weighted by molar-refractivity contribution is 5.17. The smallest absolute Gasteiger partial charge is 0.127 e. The zero-order chi connectivity index (χ0) is 14.4. The largest absolute Gasteiger partial charge is 0.314 e.